The Morgan fingerprint density at radius 3 is 1.74 bits per heavy atom. The summed E-state index contributed by atoms with van der Waals surface area (Å²) in [5, 5.41) is 9.83. The number of hydrogen-bond donors (Lipinski definition) is 1. The van der Waals surface area contributed by atoms with E-state index in [1.807, 2.05) is 20.8 Å². The number of rotatable bonds is 5. The van der Waals surface area contributed by atoms with Gasteiger partial charge in [0.25, 0.3) is 0 Å². The first-order valence-electron chi connectivity index (χ1n) is 9.51. The minimum Gasteiger partial charge on any atom is -0.598 e. The summed E-state index contributed by atoms with van der Waals surface area (Å²) in [6, 6.07) is 2.23. The van der Waals surface area contributed by atoms with Crippen molar-refractivity contribution in [3.8, 4) is 6.07 Å². The maximum atomic E-state index is 12.6. The number of nitriles is 1. The summed E-state index contributed by atoms with van der Waals surface area (Å²) in [4.78, 5) is 0. The molecule has 2 saturated carbocycles. The third-order valence-electron chi connectivity index (χ3n) is 5.70. The molecule has 2 fully saturated rings. The van der Waals surface area contributed by atoms with Crippen molar-refractivity contribution in [2.75, 3.05) is 0 Å². The van der Waals surface area contributed by atoms with Gasteiger partial charge in [-0.15, -0.1) is 4.72 Å². The predicted molar refractivity (Wildman–Crippen MR) is 97.1 cm³/mol. The highest BCUT2D eigenvalue weighted by Gasteiger charge is 2.40. The number of hydrogen-bond acceptors (Lipinski definition) is 3. The molecule has 2 aliphatic carbocycles. The summed E-state index contributed by atoms with van der Waals surface area (Å²) in [5.41, 5.74) is 0. The monoisotopic (exact) mass is 338 g/mol. The van der Waals surface area contributed by atoms with Crippen molar-refractivity contribution in [3.05, 3.63) is 0 Å². The Bertz CT molecular complexity index is 371. The molecule has 2 aliphatic rings. The second kappa shape index (κ2) is 8.74. The van der Waals surface area contributed by atoms with Crippen molar-refractivity contribution in [2.24, 2.45) is 17.8 Å². The Hall–Kier alpha value is -0.240. The van der Waals surface area contributed by atoms with Gasteiger partial charge < -0.3 is 4.55 Å². The van der Waals surface area contributed by atoms with Gasteiger partial charge in [0.2, 0.25) is 0 Å². The fourth-order valence-corrected chi connectivity index (χ4v) is 5.24. The molecule has 2 atom stereocenters. The Morgan fingerprint density at radius 2 is 1.39 bits per heavy atom. The van der Waals surface area contributed by atoms with Gasteiger partial charge in [-0.05, 0) is 38.5 Å². The Morgan fingerprint density at radius 1 is 0.957 bits per heavy atom. The summed E-state index contributed by atoms with van der Waals surface area (Å²) < 4.78 is 15.4. The average molecular weight is 339 g/mol. The first kappa shape index (κ1) is 19.1. The van der Waals surface area contributed by atoms with E-state index in [0.29, 0.717) is 17.8 Å². The van der Waals surface area contributed by atoms with Crippen LogP contribution >= 0.6 is 0 Å². The highest BCUT2D eigenvalue weighted by Crippen LogP contribution is 2.42. The van der Waals surface area contributed by atoms with Crippen LogP contribution < -0.4 is 4.72 Å². The lowest BCUT2D eigenvalue weighted by Crippen LogP contribution is -2.50. The van der Waals surface area contributed by atoms with Gasteiger partial charge in [-0.3, -0.25) is 0 Å². The summed E-state index contributed by atoms with van der Waals surface area (Å²) in [5.74, 6) is 1.66. The molecule has 0 spiro atoms. The molecule has 132 valence electrons. The molecule has 0 radical (unpaired) electrons. The van der Waals surface area contributed by atoms with Crippen LogP contribution in [0.2, 0.25) is 0 Å². The molecule has 1 unspecified atom stereocenters. The minimum atomic E-state index is -1.17. The summed E-state index contributed by atoms with van der Waals surface area (Å²) in [6.45, 7) is 5.92. The molecule has 0 aliphatic heterocycles. The van der Waals surface area contributed by atoms with Crippen LogP contribution in [0.3, 0.4) is 0 Å². The fraction of sp³-hybridized carbons (Fsp3) is 0.947. The summed E-state index contributed by atoms with van der Waals surface area (Å²) in [6.07, 6.45) is 12.9. The molecule has 0 aromatic rings. The van der Waals surface area contributed by atoms with E-state index in [4.69, 9.17) is 0 Å². The van der Waals surface area contributed by atoms with E-state index in [-0.39, 0.29) is 10.8 Å². The molecule has 0 aromatic heterocycles. The van der Waals surface area contributed by atoms with Gasteiger partial charge in [0.05, 0.1) is 6.07 Å². The van der Waals surface area contributed by atoms with Crippen molar-refractivity contribution < 1.29 is 4.55 Å². The molecule has 0 amide bonds. The van der Waals surface area contributed by atoms with Gasteiger partial charge >= 0.3 is 0 Å². The van der Waals surface area contributed by atoms with Crippen molar-refractivity contribution >= 4 is 11.4 Å². The van der Waals surface area contributed by atoms with Crippen molar-refractivity contribution in [2.45, 2.75) is 95.8 Å². The smallest absolute Gasteiger partial charge is 0.142 e. The predicted octanol–water partition coefficient (Wildman–Crippen LogP) is 4.71. The molecule has 4 heteroatoms. The van der Waals surface area contributed by atoms with E-state index in [1.165, 1.54) is 64.2 Å². The highest BCUT2D eigenvalue weighted by atomic mass is 32.2. The van der Waals surface area contributed by atoms with Crippen LogP contribution in [0.25, 0.3) is 0 Å². The average Bonchev–Trinajstić information content (AvgIpc) is 2.55. The Labute approximate surface area is 145 Å². The van der Waals surface area contributed by atoms with E-state index in [9.17, 15) is 9.81 Å². The third-order valence-corrected chi connectivity index (χ3v) is 7.28. The zero-order valence-corrected chi connectivity index (χ0v) is 16.0. The molecular formula is C19H34N2OS. The van der Waals surface area contributed by atoms with Crippen molar-refractivity contribution in [1.29, 1.82) is 5.26 Å². The summed E-state index contributed by atoms with van der Waals surface area (Å²) in [7, 11) is 0. The van der Waals surface area contributed by atoms with E-state index < -0.39 is 11.4 Å². The van der Waals surface area contributed by atoms with Gasteiger partial charge in [-0.2, -0.15) is 5.26 Å². The summed E-state index contributed by atoms with van der Waals surface area (Å²) >= 11 is -1.17. The molecule has 0 saturated heterocycles. The van der Waals surface area contributed by atoms with Crippen LogP contribution in [-0.4, -0.2) is 15.3 Å². The van der Waals surface area contributed by atoms with Gasteiger partial charge in [-0.25, -0.2) is 0 Å². The first-order valence-corrected chi connectivity index (χ1v) is 10.7. The van der Waals surface area contributed by atoms with E-state index in [2.05, 4.69) is 10.8 Å². The zero-order valence-electron chi connectivity index (χ0n) is 15.1. The van der Waals surface area contributed by atoms with E-state index >= 15 is 0 Å². The lowest BCUT2D eigenvalue weighted by molar-refractivity contribution is 0.128. The maximum Gasteiger partial charge on any atom is 0.142 e. The van der Waals surface area contributed by atoms with Crippen LogP contribution in [0.1, 0.15) is 85.0 Å². The number of nitrogens with one attached hydrogen (secondary N) is 1. The van der Waals surface area contributed by atoms with Gasteiger partial charge in [0.1, 0.15) is 10.8 Å². The normalized spacial score (nSPS) is 24.3. The van der Waals surface area contributed by atoms with Crippen LogP contribution in [0.5, 0.6) is 0 Å². The third kappa shape index (κ3) is 5.37. The molecule has 0 bridgehead atoms. The van der Waals surface area contributed by atoms with E-state index in [0.717, 1.165) is 0 Å². The second-order valence-electron chi connectivity index (χ2n) is 8.48. The van der Waals surface area contributed by atoms with Crippen LogP contribution in [0.15, 0.2) is 0 Å². The van der Waals surface area contributed by atoms with E-state index in [1.54, 1.807) is 0 Å². The van der Waals surface area contributed by atoms with Crippen molar-refractivity contribution in [3.63, 3.8) is 0 Å². The fourth-order valence-electron chi connectivity index (χ4n) is 4.45. The van der Waals surface area contributed by atoms with Gasteiger partial charge in [-0.1, -0.05) is 64.2 Å². The van der Waals surface area contributed by atoms with Crippen LogP contribution in [-0.2, 0) is 11.4 Å². The van der Waals surface area contributed by atoms with Crippen LogP contribution in [0.4, 0.5) is 0 Å². The lowest BCUT2D eigenvalue weighted by atomic mass is 9.67. The first-order chi connectivity index (χ1) is 10.9. The molecule has 1 N–H and O–H groups in total. The molecule has 0 aromatic carbocycles. The van der Waals surface area contributed by atoms with Crippen molar-refractivity contribution in [1.82, 2.24) is 4.72 Å². The van der Waals surface area contributed by atoms with Gasteiger partial charge in [0.15, 0.2) is 0 Å². The maximum absolute atomic E-state index is 12.6. The minimum absolute atomic E-state index is 0.263. The van der Waals surface area contributed by atoms with Gasteiger partial charge in [0, 0.05) is 11.4 Å². The largest absolute Gasteiger partial charge is 0.598 e. The molecule has 3 nitrogen and oxygen atoms in total. The quantitative estimate of drug-likeness (QED) is 0.739. The SMILES string of the molecule is CC(C)(C)[S@+]([O-])NC(C#N)C(C1CCCCC1)C1CCCCC1. The van der Waals surface area contributed by atoms with Crippen LogP contribution in [0, 0.1) is 29.1 Å². The standard InChI is InChI=1S/C19H34N2OS/c1-19(2,3)23(22)21-17(14-20)18(15-10-6-4-7-11-15)16-12-8-5-9-13-16/h15-18,21H,4-13H2,1-3H3/t17?,23-/m0/s1. The lowest BCUT2D eigenvalue weighted by Gasteiger charge is -2.40. The molecule has 0 heterocycles. The highest BCUT2D eigenvalue weighted by molar-refractivity contribution is 7.90. The Balaban J connectivity index is 2.13. The molecule has 2 rings (SSSR count). The molecule has 23 heavy (non-hydrogen) atoms. The topological polar surface area (TPSA) is 58.9 Å². The molecular weight excluding hydrogens is 304 g/mol. The number of nitrogens with zero attached hydrogens (tertiary/aromatic N) is 1. The Kier molecular flexibility index (Phi) is 7.25. The second-order valence-corrected chi connectivity index (χ2v) is 10.5. The zero-order chi connectivity index (χ0) is 16.9.